The van der Waals surface area contributed by atoms with Gasteiger partial charge in [-0.25, -0.2) is 0 Å². The number of anilines is 1. The first-order valence-corrected chi connectivity index (χ1v) is 10.2. The number of rotatable bonds is 2. The molecule has 0 fully saturated rings. The molecule has 1 aliphatic rings. The van der Waals surface area contributed by atoms with Crippen molar-refractivity contribution in [3.8, 4) is 5.75 Å². The molecule has 6 heteroatoms. The number of fused-ring (bicyclic) bond motifs is 2. The first-order chi connectivity index (χ1) is 14.4. The number of carbonyl (C=O) groups excluding carboxylic acids is 1. The number of nitrogens with zero attached hydrogens (tertiary/aromatic N) is 1. The van der Waals surface area contributed by atoms with Gasteiger partial charge in [0.1, 0.15) is 11.3 Å². The highest BCUT2D eigenvalue weighted by atomic mass is 79.9. The van der Waals surface area contributed by atoms with E-state index < -0.39 is 11.9 Å². The monoisotopic (exact) mass is 461 g/mol. The highest BCUT2D eigenvalue weighted by molar-refractivity contribution is 9.10. The summed E-state index contributed by atoms with van der Waals surface area (Å²) in [5, 5.41) is 10.5. The van der Waals surface area contributed by atoms with Gasteiger partial charge in [0.25, 0.3) is 5.91 Å². The number of hydrogen-bond donors (Lipinski definition) is 1. The van der Waals surface area contributed by atoms with Gasteiger partial charge >= 0.3 is 0 Å². The van der Waals surface area contributed by atoms with Crippen molar-refractivity contribution in [2.75, 3.05) is 4.90 Å². The van der Waals surface area contributed by atoms with Crippen molar-refractivity contribution in [2.24, 2.45) is 0 Å². The third kappa shape index (κ3) is 2.83. The second-order valence-electron chi connectivity index (χ2n) is 7.33. The third-order valence-electron chi connectivity index (χ3n) is 5.30. The fourth-order valence-corrected chi connectivity index (χ4v) is 4.38. The van der Waals surface area contributed by atoms with Gasteiger partial charge < -0.3 is 9.52 Å². The Balaban J connectivity index is 1.84. The second-order valence-corrected chi connectivity index (χ2v) is 8.24. The van der Waals surface area contributed by atoms with Crippen molar-refractivity contribution in [2.45, 2.75) is 13.0 Å². The van der Waals surface area contributed by atoms with Crippen molar-refractivity contribution in [1.29, 1.82) is 0 Å². The largest absolute Gasteiger partial charge is 0.508 e. The van der Waals surface area contributed by atoms with Crippen LogP contribution in [-0.4, -0.2) is 11.0 Å². The van der Waals surface area contributed by atoms with E-state index in [1.54, 1.807) is 47.4 Å². The van der Waals surface area contributed by atoms with Crippen LogP contribution in [0.5, 0.6) is 5.75 Å². The van der Waals surface area contributed by atoms with Crippen molar-refractivity contribution in [3.05, 3.63) is 104 Å². The summed E-state index contributed by atoms with van der Waals surface area (Å²) in [5.74, 6) is -0.302. The van der Waals surface area contributed by atoms with E-state index in [1.165, 1.54) is 0 Å². The smallest absolute Gasteiger partial charge is 0.295 e. The van der Waals surface area contributed by atoms with E-state index in [0.29, 0.717) is 22.2 Å². The number of hydrogen-bond acceptors (Lipinski definition) is 4. The standard InChI is InChI=1S/C24H16BrNO4/c1-13-8-9-19-18(10-13)22(28)20-21(14-4-2-7-17(27)11-14)26(24(29)23(20)30-19)16-6-3-5-15(25)12-16/h2-12,21,27H,1H3. The van der Waals surface area contributed by atoms with Crippen molar-refractivity contribution in [3.63, 3.8) is 0 Å². The van der Waals surface area contributed by atoms with E-state index in [0.717, 1.165) is 10.0 Å². The zero-order valence-electron chi connectivity index (χ0n) is 15.9. The van der Waals surface area contributed by atoms with E-state index in [4.69, 9.17) is 4.42 Å². The van der Waals surface area contributed by atoms with Crippen molar-refractivity contribution < 1.29 is 14.3 Å². The summed E-state index contributed by atoms with van der Waals surface area (Å²) >= 11 is 3.45. The predicted octanol–water partition coefficient (Wildman–Crippen LogP) is 5.32. The number of phenolic OH excluding ortho intramolecular Hbond substituents is 1. The van der Waals surface area contributed by atoms with Crippen molar-refractivity contribution in [1.82, 2.24) is 0 Å². The van der Waals surface area contributed by atoms with Crippen LogP contribution in [0.15, 0.2) is 80.4 Å². The molecule has 30 heavy (non-hydrogen) atoms. The van der Waals surface area contributed by atoms with Crippen LogP contribution >= 0.6 is 15.9 Å². The van der Waals surface area contributed by atoms with Gasteiger partial charge in [0, 0.05) is 10.2 Å². The number of halogens is 1. The number of amides is 1. The Morgan fingerprint density at radius 3 is 2.57 bits per heavy atom. The topological polar surface area (TPSA) is 70.8 Å². The Labute approximate surface area is 180 Å². The van der Waals surface area contributed by atoms with Crippen LogP contribution < -0.4 is 10.3 Å². The number of carbonyl (C=O) groups is 1. The van der Waals surface area contributed by atoms with E-state index in [-0.39, 0.29) is 22.5 Å². The number of benzene rings is 3. The third-order valence-corrected chi connectivity index (χ3v) is 5.79. The maximum Gasteiger partial charge on any atom is 0.295 e. The molecule has 1 N–H and O–H groups in total. The van der Waals surface area contributed by atoms with E-state index >= 15 is 0 Å². The van der Waals surface area contributed by atoms with Gasteiger partial charge in [0.2, 0.25) is 5.76 Å². The lowest BCUT2D eigenvalue weighted by Gasteiger charge is -2.25. The molecule has 5 rings (SSSR count). The fourth-order valence-electron chi connectivity index (χ4n) is 3.99. The van der Waals surface area contributed by atoms with Crippen LogP contribution in [0, 0.1) is 6.92 Å². The van der Waals surface area contributed by atoms with Crippen LogP contribution in [0.1, 0.15) is 33.3 Å². The SMILES string of the molecule is Cc1ccc2oc3c(c(=O)c2c1)C(c1cccc(O)c1)N(c1cccc(Br)c1)C3=O. The van der Waals surface area contributed by atoms with Gasteiger partial charge in [-0.05, 0) is 55.0 Å². The summed E-state index contributed by atoms with van der Waals surface area (Å²) < 4.78 is 6.76. The minimum absolute atomic E-state index is 0.0321. The molecule has 0 saturated heterocycles. The molecule has 1 amide bonds. The quantitative estimate of drug-likeness (QED) is 0.438. The summed E-state index contributed by atoms with van der Waals surface area (Å²) in [6, 6.07) is 18.5. The van der Waals surface area contributed by atoms with Gasteiger partial charge in [-0.2, -0.15) is 0 Å². The molecule has 0 aliphatic carbocycles. The van der Waals surface area contributed by atoms with Gasteiger partial charge in [-0.1, -0.05) is 45.8 Å². The molecule has 1 unspecified atom stereocenters. The minimum Gasteiger partial charge on any atom is -0.508 e. The molecule has 0 spiro atoms. The summed E-state index contributed by atoms with van der Waals surface area (Å²) in [7, 11) is 0. The molecular formula is C24H16BrNO4. The molecular weight excluding hydrogens is 446 g/mol. The Morgan fingerprint density at radius 1 is 1.00 bits per heavy atom. The van der Waals surface area contributed by atoms with Crippen LogP contribution in [0.3, 0.4) is 0 Å². The average Bonchev–Trinajstić information content (AvgIpc) is 3.01. The normalized spacial score (nSPS) is 15.6. The van der Waals surface area contributed by atoms with E-state index in [1.807, 2.05) is 31.2 Å². The molecule has 3 aromatic carbocycles. The van der Waals surface area contributed by atoms with Gasteiger partial charge in [-0.3, -0.25) is 14.5 Å². The minimum atomic E-state index is -0.713. The maximum absolute atomic E-state index is 13.5. The molecule has 5 nitrogen and oxygen atoms in total. The Bertz CT molecular complexity index is 1390. The first kappa shape index (κ1) is 18.6. The van der Waals surface area contributed by atoms with Gasteiger partial charge in [0.15, 0.2) is 5.43 Å². The Hall–Kier alpha value is -3.38. The lowest BCUT2D eigenvalue weighted by Crippen LogP contribution is -2.29. The van der Waals surface area contributed by atoms with Crippen LogP contribution in [0.4, 0.5) is 5.69 Å². The Morgan fingerprint density at radius 2 is 1.80 bits per heavy atom. The Kier molecular flexibility index (Phi) is 4.25. The van der Waals surface area contributed by atoms with Crippen LogP contribution in [0.25, 0.3) is 11.0 Å². The highest BCUT2D eigenvalue weighted by Crippen LogP contribution is 2.42. The number of aryl methyl sites for hydroxylation is 1. The lowest BCUT2D eigenvalue weighted by atomic mass is 9.97. The molecule has 1 aromatic heterocycles. The molecule has 0 radical (unpaired) electrons. The summed E-state index contributed by atoms with van der Waals surface area (Å²) in [5.41, 5.74) is 2.59. The van der Waals surface area contributed by atoms with Gasteiger partial charge in [-0.15, -0.1) is 0 Å². The summed E-state index contributed by atoms with van der Waals surface area (Å²) in [6.07, 6.45) is 0. The summed E-state index contributed by atoms with van der Waals surface area (Å²) in [4.78, 5) is 28.5. The van der Waals surface area contributed by atoms with E-state index in [9.17, 15) is 14.7 Å². The molecule has 0 saturated carbocycles. The molecule has 1 aliphatic heterocycles. The number of aromatic hydroxyl groups is 1. The molecule has 148 valence electrons. The highest BCUT2D eigenvalue weighted by Gasteiger charge is 2.43. The van der Waals surface area contributed by atoms with Crippen LogP contribution in [0.2, 0.25) is 0 Å². The van der Waals surface area contributed by atoms with Crippen molar-refractivity contribution >= 4 is 38.5 Å². The maximum atomic E-state index is 13.5. The molecule has 2 heterocycles. The zero-order valence-corrected chi connectivity index (χ0v) is 17.5. The molecule has 4 aromatic rings. The van der Waals surface area contributed by atoms with Gasteiger partial charge in [0.05, 0.1) is 17.0 Å². The van der Waals surface area contributed by atoms with Crippen LogP contribution in [-0.2, 0) is 0 Å². The predicted molar refractivity (Wildman–Crippen MR) is 118 cm³/mol. The zero-order chi connectivity index (χ0) is 21.0. The van der Waals surface area contributed by atoms with E-state index in [2.05, 4.69) is 15.9 Å². The average molecular weight is 462 g/mol. The molecule has 1 atom stereocenters. The number of phenols is 1. The lowest BCUT2D eigenvalue weighted by molar-refractivity contribution is 0.0971. The first-order valence-electron chi connectivity index (χ1n) is 9.39. The fraction of sp³-hybridized carbons (Fsp3) is 0.0833. The molecule has 0 bridgehead atoms. The second kappa shape index (κ2) is 6.85. The summed E-state index contributed by atoms with van der Waals surface area (Å²) in [6.45, 7) is 1.90.